The topological polar surface area (TPSA) is 92.5 Å². The van der Waals surface area contributed by atoms with Crippen molar-refractivity contribution in [2.75, 3.05) is 5.32 Å². The van der Waals surface area contributed by atoms with Crippen LogP contribution in [0.5, 0.6) is 0 Å². The number of aryl methyl sites for hydroxylation is 1. The molecule has 2 N–H and O–H groups in total. The maximum atomic E-state index is 11.0. The normalized spacial score (nSPS) is 12.2. The van der Waals surface area contributed by atoms with Crippen molar-refractivity contribution in [3.8, 4) is 0 Å². The molecule has 0 radical (unpaired) electrons. The molecule has 0 aliphatic heterocycles. The van der Waals surface area contributed by atoms with E-state index in [1.807, 2.05) is 20.8 Å². The minimum atomic E-state index is -0.929. The number of nitrogens with one attached hydrogen (secondary N) is 1. The molecule has 0 saturated carbocycles. The maximum Gasteiger partial charge on any atom is 0.305 e. The average Bonchev–Trinajstić information content (AvgIpc) is 2.26. The van der Waals surface area contributed by atoms with Gasteiger partial charge >= 0.3 is 5.97 Å². The zero-order chi connectivity index (χ0) is 14.6. The Morgan fingerprint density at radius 1 is 1.47 bits per heavy atom. The number of rotatable bonds is 6. The minimum absolute atomic E-state index is 0.0401. The number of carboxylic acids is 1. The van der Waals surface area contributed by atoms with Crippen LogP contribution >= 0.6 is 0 Å². The van der Waals surface area contributed by atoms with E-state index in [1.165, 1.54) is 6.07 Å². The van der Waals surface area contributed by atoms with Gasteiger partial charge in [0.2, 0.25) is 0 Å². The van der Waals surface area contributed by atoms with Crippen molar-refractivity contribution in [2.24, 2.45) is 5.92 Å². The Morgan fingerprint density at radius 2 is 2.11 bits per heavy atom. The van der Waals surface area contributed by atoms with E-state index >= 15 is 0 Å². The van der Waals surface area contributed by atoms with Gasteiger partial charge in [-0.05, 0) is 24.5 Å². The SMILES string of the molecule is Cc1ccc([N+](=O)[O-])c(NC(CC(=O)O)C(C)C)c1. The molecule has 1 aromatic carbocycles. The average molecular weight is 266 g/mol. The summed E-state index contributed by atoms with van der Waals surface area (Å²) >= 11 is 0. The zero-order valence-electron chi connectivity index (χ0n) is 11.2. The Labute approximate surface area is 111 Å². The van der Waals surface area contributed by atoms with Crippen molar-refractivity contribution >= 4 is 17.3 Å². The quantitative estimate of drug-likeness (QED) is 0.610. The van der Waals surface area contributed by atoms with Crippen LogP contribution < -0.4 is 5.32 Å². The highest BCUT2D eigenvalue weighted by Crippen LogP contribution is 2.27. The molecule has 0 amide bonds. The van der Waals surface area contributed by atoms with Gasteiger partial charge in [0.05, 0.1) is 11.3 Å². The number of benzene rings is 1. The first-order chi connectivity index (χ1) is 8.81. The number of nitrogens with zero attached hydrogens (tertiary/aromatic N) is 1. The smallest absolute Gasteiger partial charge is 0.305 e. The molecule has 6 nitrogen and oxygen atoms in total. The number of nitro groups is 1. The first kappa shape index (κ1) is 14.9. The zero-order valence-corrected chi connectivity index (χ0v) is 11.2. The molecule has 0 saturated heterocycles. The predicted molar refractivity (Wildman–Crippen MR) is 72.3 cm³/mol. The maximum absolute atomic E-state index is 11.0. The number of hydrogen-bond acceptors (Lipinski definition) is 4. The molecule has 1 unspecified atom stereocenters. The van der Waals surface area contributed by atoms with Gasteiger partial charge in [-0.2, -0.15) is 0 Å². The van der Waals surface area contributed by atoms with Gasteiger partial charge in [-0.25, -0.2) is 0 Å². The van der Waals surface area contributed by atoms with Gasteiger partial charge in [-0.15, -0.1) is 0 Å². The molecule has 1 atom stereocenters. The Kier molecular flexibility index (Phi) is 4.86. The lowest BCUT2D eigenvalue weighted by Gasteiger charge is -2.21. The van der Waals surface area contributed by atoms with Gasteiger partial charge in [-0.3, -0.25) is 14.9 Å². The van der Waals surface area contributed by atoms with Crippen LogP contribution in [0.4, 0.5) is 11.4 Å². The fourth-order valence-electron chi connectivity index (χ4n) is 1.77. The number of anilines is 1. The van der Waals surface area contributed by atoms with Crippen molar-refractivity contribution in [2.45, 2.75) is 33.2 Å². The van der Waals surface area contributed by atoms with E-state index < -0.39 is 10.9 Å². The van der Waals surface area contributed by atoms with E-state index in [9.17, 15) is 14.9 Å². The fraction of sp³-hybridized carbons (Fsp3) is 0.462. The van der Waals surface area contributed by atoms with Gasteiger partial charge in [0.25, 0.3) is 5.69 Å². The Balaban J connectivity index is 3.04. The largest absolute Gasteiger partial charge is 0.481 e. The highest BCUT2D eigenvalue weighted by Gasteiger charge is 2.21. The van der Waals surface area contributed by atoms with Crippen LogP contribution in [0.3, 0.4) is 0 Å². The summed E-state index contributed by atoms with van der Waals surface area (Å²) in [4.78, 5) is 21.3. The van der Waals surface area contributed by atoms with E-state index in [0.29, 0.717) is 5.69 Å². The molecule has 0 fully saturated rings. The van der Waals surface area contributed by atoms with Crippen LogP contribution in [0.15, 0.2) is 18.2 Å². The fourth-order valence-corrected chi connectivity index (χ4v) is 1.77. The first-order valence-electron chi connectivity index (χ1n) is 6.04. The van der Waals surface area contributed by atoms with Crippen LogP contribution in [0.2, 0.25) is 0 Å². The molecular formula is C13H18N2O4. The minimum Gasteiger partial charge on any atom is -0.481 e. The number of nitro benzene ring substituents is 1. The van der Waals surface area contributed by atoms with E-state index in [1.54, 1.807) is 12.1 Å². The van der Waals surface area contributed by atoms with E-state index in [-0.39, 0.29) is 24.1 Å². The van der Waals surface area contributed by atoms with Crippen LogP contribution in [0.1, 0.15) is 25.8 Å². The van der Waals surface area contributed by atoms with Gasteiger partial charge in [-0.1, -0.05) is 19.9 Å². The summed E-state index contributed by atoms with van der Waals surface area (Å²) in [6, 6.07) is 4.40. The summed E-state index contributed by atoms with van der Waals surface area (Å²) in [5.41, 5.74) is 1.21. The number of hydrogen-bond donors (Lipinski definition) is 2. The molecular weight excluding hydrogens is 248 g/mol. The Hall–Kier alpha value is -2.11. The van der Waals surface area contributed by atoms with Gasteiger partial charge in [0.1, 0.15) is 5.69 Å². The summed E-state index contributed by atoms with van der Waals surface area (Å²) in [6.45, 7) is 5.58. The molecule has 0 aliphatic carbocycles. The Bertz CT molecular complexity index is 486. The third-order valence-corrected chi connectivity index (χ3v) is 2.89. The summed E-state index contributed by atoms with van der Waals surface area (Å²) < 4.78 is 0. The summed E-state index contributed by atoms with van der Waals surface area (Å²) in [6.07, 6.45) is -0.0806. The lowest BCUT2D eigenvalue weighted by atomic mass is 10.00. The molecule has 0 spiro atoms. The second-order valence-electron chi connectivity index (χ2n) is 4.87. The van der Waals surface area contributed by atoms with Crippen molar-refractivity contribution in [1.29, 1.82) is 0 Å². The first-order valence-corrected chi connectivity index (χ1v) is 6.04. The second-order valence-corrected chi connectivity index (χ2v) is 4.87. The number of carboxylic acid groups (broad SMARTS) is 1. The van der Waals surface area contributed by atoms with Crippen LogP contribution in [0.25, 0.3) is 0 Å². The van der Waals surface area contributed by atoms with Crippen molar-refractivity contribution in [3.05, 3.63) is 33.9 Å². The van der Waals surface area contributed by atoms with E-state index in [4.69, 9.17) is 5.11 Å². The molecule has 0 aliphatic rings. The lowest BCUT2D eigenvalue weighted by molar-refractivity contribution is -0.384. The number of aliphatic carboxylic acids is 1. The van der Waals surface area contributed by atoms with Crippen molar-refractivity contribution in [3.63, 3.8) is 0 Å². The monoisotopic (exact) mass is 266 g/mol. The second kappa shape index (κ2) is 6.17. The standard InChI is InChI=1S/C13H18N2O4/c1-8(2)10(7-13(16)17)14-11-6-9(3)4-5-12(11)15(18)19/h4-6,8,10,14H,7H2,1-3H3,(H,16,17). The summed E-state index contributed by atoms with van der Waals surface area (Å²) in [7, 11) is 0. The van der Waals surface area contributed by atoms with Crippen LogP contribution in [-0.4, -0.2) is 22.0 Å². The molecule has 1 rings (SSSR count). The third-order valence-electron chi connectivity index (χ3n) is 2.89. The summed E-state index contributed by atoms with van der Waals surface area (Å²) in [5, 5.41) is 22.8. The molecule has 1 aromatic rings. The van der Waals surface area contributed by atoms with Crippen molar-refractivity contribution in [1.82, 2.24) is 0 Å². The van der Waals surface area contributed by atoms with Crippen LogP contribution in [0, 0.1) is 23.0 Å². The van der Waals surface area contributed by atoms with E-state index in [0.717, 1.165) is 5.56 Å². The highest BCUT2D eigenvalue weighted by molar-refractivity contribution is 5.69. The van der Waals surface area contributed by atoms with Crippen LogP contribution in [-0.2, 0) is 4.79 Å². The Morgan fingerprint density at radius 3 is 2.58 bits per heavy atom. The van der Waals surface area contributed by atoms with E-state index in [2.05, 4.69) is 5.32 Å². The van der Waals surface area contributed by atoms with Crippen molar-refractivity contribution < 1.29 is 14.8 Å². The number of carbonyl (C=O) groups is 1. The van der Waals surface area contributed by atoms with Gasteiger partial charge in [0, 0.05) is 12.1 Å². The lowest BCUT2D eigenvalue weighted by Crippen LogP contribution is -2.28. The van der Waals surface area contributed by atoms with Gasteiger partial charge in [0.15, 0.2) is 0 Å². The molecule has 0 bridgehead atoms. The predicted octanol–water partition coefficient (Wildman–Crippen LogP) is 2.81. The molecule has 0 aromatic heterocycles. The molecule has 19 heavy (non-hydrogen) atoms. The molecule has 0 heterocycles. The van der Waals surface area contributed by atoms with Gasteiger partial charge < -0.3 is 10.4 Å². The summed E-state index contributed by atoms with van der Waals surface area (Å²) in [5.74, 6) is -0.877. The molecule has 104 valence electrons. The molecule has 6 heteroatoms. The highest BCUT2D eigenvalue weighted by atomic mass is 16.6. The third kappa shape index (κ3) is 4.24.